The summed E-state index contributed by atoms with van der Waals surface area (Å²) in [5.74, 6) is 0.195. The predicted molar refractivity (Wildman–Crippen MR) is 62.0 cm³/mol. The molecule has 0 aliphatic heterocycles. The summed E-state index contributed by atoms with van der Waals surface area (Å²) in [7, 11) is 0. The zero-order valence-electron chi connectivity index (χ0n) is 8.44. The molecular formula is C13H9N2O. The minimum atomic E-state index is 0.195. The molecule has 1 aromatic carbocycles. The Morgan fingerprint density at radius 1 is 1.19 bits per heavy atom. The lowest BCUT2D eigenvalue weighted by Crippen LogP contribution is -1.84. The third-order valence-corrected chi connectivity index (χ3v) is 2.53. The van der Waals surface area contributed by atoms with Crippen molar-refractivity contribution >= 4 is 11.0 Å². The van der Waals surface area contributed by atoms with E-state index >= 15 is 0 Å². The number of nitrogens with zero attached hydrogens (tertiary/aromatic N) is 1. The number of nitrogens with one attached hydrogen (secondary N) is 1. The van der Waals surface area contributed by atoms with Crippen molar-refractivity contribution in [2.45, 2.75) is 0 Å². The highest BCUT2D eigenvalue weighted by Crippen LogP contribution is 2.27. The van der Waals surface area contributed by atoms with Crippen molar-refractivity contribution in [2.24, 2.45) is 0 Å². The van der Waals surface area contributed by atoms with Crippen molar-refractivity contribution in [3.05, 3.63) is 48.7 Å². The fourth-order valence-corrected chi connectivity index (χ4v) is 1.72. The maximum Gasteiger partial charge on any atom is 0.137 e. The molecule has 3 nitrogen and oxygen atoms in total. The van der Waals surface area contributed by atoms with E-state index in [1.54, 1.807) is 12.1 Å². The Labute approximate surface area is 92.4 Å². The minimum absolute atomic E-state index is 0.195. The zero-order chi connectivity index (χ0) is 11.0. The van der Waals surface area contributed by atoms with Crippen molar-refractivity contribution in [1.29, 1.82) is 0 Å². The summed E-state index contributed by atoms with van der Waals surface area (Å²) in [5.41, 5.74) is 2.29. The molecule has 3 aromatic rings. The van der Waals surface area contributed by atoms with Crippen LogP contribution >= 0.6 is 0 Å². The van der Waals surface area contributed by atoms with Crippen LogP contribution in [-0.2, 0) is 0 Å². The van der Waals surface area contributed by atoms with Crippen LogP contribution in [0, 0.1) is 6.07 Å². The van der Waals surface area contributed by atoms with Gasteiger partial charge in [0.2, 0.25) is 0 Å². The smallest absolute Gasteiger partial charge is 0.137 e. The van der Waals surface area contributed by atoms with Gasteiger partial charge in [-0.25, -0.2) is 4.98 Å². The van der Waals surface area contributed by atoms with E-state index in [1.165, 1.54) is 6.07 Å². The van der Waals surface area contributed by atoms with Crippen LogP contribution in [0.2, 0.25) is 0 Å². The van der Waals surface area contributed by atoms with Crippen LogP contribution in [0.1, 0.15) is 0 Å². The zero-order valence-corrected chi connectivity index (χ0v) is 8.44. The minimum Gasteiger partial charge on any atom is -0.507 e. The third-order valence-electron chi connectivity index (χ3n) is 2.53. The van der Waals surface area contributed by atoms with Gasteiger partial charge in [0.15, 0.2) is 0 Å². The van der Waals surface area contributed by atoms with Crippen molar-refractivity contribution < 1.29 is 5.11 Å². The van der Waals surface area contributed by atoms with Gasteiger partial charge in [-0.3, -0.25) is 0 Å². The maximum atomic E-state index is 9.71. The molecule has 2 heterocycles. The van der Waals surface area contributed by atoms with E-state index in [9.17, 15) is 5.11 Å². The van der Waals surface area contributed by atoms with Gasteiger partial charge in [-0.1, -0.05) is 6.07 Å². The van der Waals surface area contributed by atoms with Gasteiger partial charge in [-0.05, 0) is 36.4 Å². The SMILES string of the molecule is Oc1c[c]ccc1-c1ccc2cc[nH]c2n1. The summed E-state index contributed by atoms with van der Waals surface area (Å²) >= 11 is 0. The molecule has 0 amide bonds. The normalized spacial score (nSPS) is 10.8. The maximum absolute atomic E-state index is 9.71. The number of phenols is 1. The van der Waals surface area contributed by atoms with Crippen molar-refractivity contribution in [3.8, 4) is 17.0 Å². The van der Waals surface area contributed by atoms with Crippen LogP contribution in [0.5, 0.6) is 5.75 Å². The van der Waals surface area contributed by atoms with Gasteiger partial charge in [0.1, 0.15) is 11.4 Å². The Hall–Kier alpha value is -2.29. The van der Waals surface area contributed by atoms with E-state index in [4.69, 9.17) is 0 Å². The number of rotatable bonds is 1. The van der Waals surface area contributed by atoms with E-state index < -0.39 is 0 Å². The molecule has 0 aliphatic rings. The lowest BCUT2D eigenvalue weighted by Gasteiger charge is -2.03. The van der Waals surface area contributed by atoms with Crippen molar-refractivity contribution in [1.82, 2.24) is 9.97 Å². The third kappa shape index (κ3) is 1.34. The molecule has 16 heavy (non-hydrogen) atoms. The molecule has 0 spiro atoms. The number of hydrogen-bond acceptors (Lipinski definition) is 2. The summed E-state index contributed by atoms with van der Waals surface area (Å²) in [6.45, 7) is 0. The van der Waals surface area contributed by atoms with Crippen LogP contribution in [0.4, 0.5) is 0 Å². The van der Waals surface area contributed by atoms with Gasteiger partial charge in [0.25, 0.3) is 0 Å². The molecule has 0 fully saturated rings. The molecule has 0 atom stereocenters. The lowest BCUT2D eigenvalue weighted by atomic mass is 10.1. The highest BCUT2D eigenvalue weighted by atomic mass is 16.3. The molecule has 3 heteroatoms. The van der Waals surface area contributed by atoms with Crippen LogP contribution < -0.4 is 0 Å². The monoisotopic (exact) mass is 209 g/mol. The van der Waals surface area contributed by atoms with Crippen molar-refractivity contribution in [3.63, 3.8) is 0 Å². The first-order valence-electron chi connectivity index (χ1n) is 4.98. The van der Waals surface area contributed by atoms with Crippen LogP contribution in [-0.4, -0.2) is 15.1 Å². The molecule has 2 N–H and O–H groups in total. The molecule has 0 saturated carbocycles. The Kier molecular flexibility index (Phi) is 1.90. The number of benzene rings is 1. The Morgan fingerprint density at radius 3 is 3.00 bits per heavy atom. The molecule has 0 bridgehead atoms. The molecule has 0 unspecified atom stereocenters. The summed E-state index contributed by atoms with van der Waals surface area (Å²) in [5, 5.41) is 10.8. The number of pyridine rings is 1. The summed E-state index contributed by atoms with van der Waals surface area (Å²) in [4.78, 5) is 7.49. The van der Waals surface area contributed by atoms with Crippen LogP contribution in [0.25, 0.3) is 22.3 Å². The van der Waals surface area contributed by atoms with E-state index in [2.05, 4.69) is 16.0 Å². The second kappa shape index (κ2) is 3.38. The average molecular weight is 209 g/mol. The number of fused-ring (bicyclic) bond motifs is 1. The first-order valence-corrected chi connectivity index (χ1v) is 4.98. The molecule has 1 radical (unpaired) electrons. The summed E-state index contributed by atoms with van der Waals surface area (Å²) in [6, 6.07) is 13.7. The number of phenolic OH excluding ortho intramolecular Hbond substituents is 1. The second-order valence-corrected chi connectivity index (χ2v) is 3.56. The van der Waals surface area contributed by atoms with Gasteiger partial charge >= 0.3 is 0 Å². The van der Waals surface area contributed by atoms with E-state index in [0.717, 1.165) is 22.3 Å². The van der Waals surface area contributed by atoms with Gasteiger partial charge in [0, 0.05) is 17.1 Å². The van der Waals surface area contributed by atoms with Crippen LogP contribution in [0.3, 0.4) is 0 Å². The Bertz CT molecular complexity index is 643. The number of aromatic hydroxyl groups is 1. The highest BCUT2D eigenvalue weighted by Gasteiger charge is 2.05. The van der Waals surface area contributed by atoms with Gasteiger partial charge < -0.3 is 10.1 Å². The molecule has 2 aromatic heterocycles. The number of aromatic nitrogens is 2. The van der Waals surface area contributed by atoms with Gasteiger partial charge in [-0.15, -0.1) is 0 Å². The quantitative estimate of drug-likeness (QED) is 0.647. The molecule has 0 aliphatic carbocycles. The summed E-state index contributed by atoms with van der Waals surface area (Å²) in [6.07, 6.45) is 1.85. The Balaban J connectivity index is 2.22. The molecule has 0 saturated heterocycles. The van der Waals surface area contributed by atoms with Crippen LogP contribution in [0.15, 0.2) is 42.6 Å². The standard InChI is InChI=1S/C13H9N2O/c16-12-4-2-1-3-10(12)11-6-5-9-7-8-14-13(9)15-11/h1,3-8,16H,(H,14,15). The number of H-pyrrole nitrogens is 1. The van der Waals surface area contributed by atoms with Crippen molar-refractivity contribution in [2.75, 3.05) is 0 Å². The molecular weight excluding hydrogens is 200 g/mol. The Morgan fingerprint density at radius 2 is 2.12 bits per heavy atom. The first kappa shape index (κ1) is 8.97. The highest BCUT2D eigenvalue weighted by molar-refractivity contribution is 5.79. The van der Waals surface area contributed by atoms with E-state index in [1.807, 2.05) is 24.4 Å². The van der Waals surface area contributed by atoms with Gasteiger partial charge in [-0.2, -0.15) is 0 Å². The predicted octanol–water partition coefficient (Wildman–Crippen LogP) is 2.74. The van der Waals surface area contributed by atoms with Gasteiger partial charge in [0.05, 0.1) is 5.69 Å². The number of hydrogen-bond donors (Lipinski definition) is 2. The average Bonchev–Trinajstić information content (AvgIpc) is 2.76. The summed E-state index contributed by atoms with van der Waals surface area (Å²) < 4.78 is 0. The fourth-order valence-electron chi connectivity index (χ4n) is 1.72. The number of aromatic amines is 1. The fraction of sp³-hybridized carbons (Fsp3) is 0. The van der Waals surface area contributed by atoms with E-state index in [0.29, 0.717) is 0 Å². The second-order valence-electron chi connectivity index (χ2n) is 3.56. The largest absolute Gasteiger partial charge is 0.507 e. The molecule has 77 valence electrons. The topological polar surface area (TPSA) is 48.9 Å². The van der Waals surface area contributed by atoms with E-state index in [-0.39, 0.29) is 5.75 Å². The lowest BCUT2D eigenvalue weighted by molar-refractivity contribution is 0.477. The first-order chi connectivity index (χ1) is 7.84. The molecule has 3 rings (SSSR count).